The molecule has 2 aromatic carbocycles. The van der Waals surface area contributed by atoms with Crippen LogP contribution in [0.25, 0.3) is 6.08 Å². The molecule has 0 spiro atoms. The summed E-state index contributed by atoms with van der Waals surface area (Å²) < 4.78 is 84.1. The summed E-state index contributed by atoms with van der Waals surface area (Å²) in [5.74, 6) is 0.614. The molecule has 0 saturated carbocycles. The Morgan fingerprint density at radius 2 is 1.82 bits per heavy atom. The number of nitrogens with one attached hydrogen (secondary N) is 2. The van der Waals surface area contributed by atoms with Crippen LogP contribution in [0, 0.1) is 0 Å². The number of hydrogen-bond acceptors (Lipinski definition) is 5. The Bertz CT molecular complexity index is 1130. The SMILES string of the molecule is CN=C1NC(=O)SC1=Cc1ccc(OCc2ccc(C(F)(F)F)cc2C(F)(F)F)c(NC)c1. The van der Waals surface area contributed by atoms with Crippen LogP contribution in [0.4, 0.5) is 36.8 Å². The van der Waals surface area contributed by atoms with Crippen molar-refractivity contribution in [1.82, 2.24) is 5.32 Å². The molecular weight excluding hydrogens is 472 g/mol. The molecule has 3 rings (SSSR count). The van der Waals surface area contributed by atoms with Gasteiger partial charge in [0, 0.05) is 19.7 Å². The van der Waals surface area contributed by atoms with Crippen LogP contribution in [-0.4, -0.2) is 25.2 Å². The Labute approximate surface area is 188 Å². The molecule has 176 valence electrons. The van der Waals surface area contributed by atoms with Crippen molar-refractivity contribution in [1.29, 1.82) is 0 Å². The van der Waals surface area contributed by atoms with Gasteiger partial charge < -0.3 is 15.4 Å². The van der Waals surface area contributed by atoms with Gasteiger partial charge in [-0.15, -0.1) is 0 Å². The molecule has 33 heavy (non-hydrogen) atoms. The molecule has 1 aliphatic heterocycles. The van der Waals surface area contributed by atoms with E-state index in [2.05, 4.69) is 15.6 Å². The summed E-state index contributed by atoms with van der Waals surface area (Å²) in [6, 6.07) is 6.20. The first-order valence-electron chi connectivity index (χ1n) is 9.32. The third kappa shape index (κ3) is 5.81. The van der Waals surface area contributed by atoms with Crippen molar-refractivity contribution < 1.29 is 35.9 Å². The number of nitrogens with zero attached hydrogens (tertiary/aromatic N) is 1. The number of alkyl halides is 6. The molecule has 12 heteroatoms. The van der Waals surface area contributed by atoms with Crippen LogP contribution in [-0.2, 0) is 19.0 Å². The van der Waals surface area contributed by atoms with Crippen molar-refractivity contribution in [2.24, 2.45) is 4.99 Å². The first-order chi connectivity index (χ1) is 15.4. The third-order valence-electron chi connectivity index (χ3n) is 4.58. The number of amidine groups is 1. The van der Waals surface area contributed by atoms with Gasteiger partial charge in [0.15, 0.2) is 0 Å². The fourth-order valence-electron chi connectivity index (χ4n) is 3.00. The summed E-state index contributed by atoms with van der Waals surface area (Å²) in [6.45, 7) is -0.594. The molecule has 0 bridgehead atoms. The van der Waals surface area contributed by atoms with Crippen molar-refractivity contribution in [3.63, 3.8) is 0 Å². The largest absolute Gasteiger partial charge is 0.487 e. The van der Waals surface area contributed by atoms with E-state index >= 15 is 0 Å². The van der Waals surface area contributed by atoms with Gasteiger partial charge >= 0.3 is 12.4 Å². The highest BCUT2D eigenvalue weighted by Gasteiger charge is 2.38. The molecule has 0 aromatic heterocycles. The fourth-order valence-corrected chi connectivity index (χ4v) is 3.79. The summed E-state index contributed by atoms with van der Waals surface area (Å²) >= 11 is 0.967. The first-order valence-corrected chi connectivity index (χ1v) is 10.1. The quantitative estimate of drug-likeness (QED) is 0.493. The van der Waals surface area contributed by atoms with E-state index in [4.69, 9.17) is 4.74 Å². The van der Waals surface area contributed by atoms with E-state index in [1.165, 1.54) is 13.1 Å². The van der Waals surface area contributed by atoms with E-state index in [-0.39, 0.29) is 17.1 Å². The molecule has 2 aromatic rings. The Hall–Kier alpha value is -3.15. The van der Waals surface area contributed by atoms with Crippen LogP contribution in [0.5, 0.6) is 5.75 Å². The van der Waals surface area contributed by atoms with E-state index in [1.807, 2.05) is 0 Å². The Morgan fingerprint density at radius 1 is 1.09 bits per heavy atom. The van der Waals surface area contributed by atoms with E-state index in [9.17, 15) is 31.1 Å². The molecule has 5 nitrogen and oxygen atoms in total. The van der Waals surface area contributed by atoms with Crippen molar-refractivity contribution in [2.75, 3.05) is 19.4 Å². The van der Waals surface area contributed by atoms with Gasteiger partial charge in [-0.3, -0.25) is 9.79 Å². The van der Waals surface area contributed by atoms with Gasteiger partial charge in [-0.2, -0.15) is 26.3 Å². The van der Waals surface area contributed by atoms with Crippen LogP contribution in [0.1, 0.15) is 22.3 Å². The molecule has 1 saturated heterocycles. The van der Waals surface area contributed by atoms with Gasteiger partial charge in [-0.25, -0.2) is 0 Å². The fraction of sp³-hybridized carbons (Fsp3) is 0.238. The molecule has 0 unspecified atom stereocenters. The van der Waals surface area contributed by atoms with Gasteiger partial charge in [0.1, 0.15) is 18.2 Å². The summed E-state index contributed by atoms with van der Waals surface area (Å²) in [5.41, 5.74) is -2.13. The van der Waals surface area contributed by atoms with E-state index in [0.29, 0.717) is 28.1 Å². The van der Waals surface area contributed by atoms with Crippen LogP contribution < -0.4 is 15.4 Å². The number of halogens is 6. The number of thioether (sulfide) groups is 1. The zero-order valence-electron chi connectivity index (χ0n) is 17.2. The lowest BCUT2D eigenvalue weighted by atomic mass is 10.0. The molecule has 0 radical (unpaired) electrons. The monoisotopic (exact) mass is 489 g/mol. The van der Waals surface area contributed by atoms with Gasteiger partial charge in [0.05, 0.1) is 21.7 Å². The minimum Gasteiger partial charge on any atom is -0.487 e. The second-order valence-electron chi connectivity index (χ2n) is 6.76. The van der Waals surface area contributed by atoms with Gasteiger partial charge in [0.25, 0.3) is 5.24 Å². The highest BCUT2D eigenvalue weighted by atomic mass is 32.2. The number of anilines is 1. The molecule has 0 atom stereocenters. The van der Waals surface area contributed by atoms with Gasteiger partial charge in [0.2, 0.25) is 0 Å². The van der Waals surface area contributed by atoms with Gasteiger partial charge in [-0.05, 0) is 47.7 Å². The second-order valence-corrected chi connectivity index (χ2v) is 7.77. The number of ether oxygens (including phenoxy) is 1. The highest BCUT2D eigenvalue weighted by molar-refractivity contribution is 8.18. The van der Waals surface area contributed by atoms with Crippen molar-refractivity contribution in [3.05, 3.63) is 63.6 Å². The molecule has 1 amide bonds. The summed E-state index contributed by atoms with van der Waals surface area (Å²) in [7, 11) is 3.11. The summed E-state index contributed by atoms with van der Waals surface area (Å²) in [6.07, 6.45) is -8.18. The van der Waals surface area contributed by atoms with E-state index < -0.39 is 35.6 Å². The van der Waals surface area contributed by atoms with Crippen LogP contribution >= 0.6 is 11.8 Å². The Morgan fingerprint density at radius 3 is 2.42 bits per heavy atom. The van der Waals surface area contributed by atoms with Crippen LogP contribution in [0.2, 0.25) is 0 Å². The van der Waals surface area contributed by atoms with Crippen molar-refractivity contribution in [3.8, 4) is 5.75 Å². The lowest BCUT2D eigenvalue weighted by Crippen LogP contribution is -2.18. The minimum absolute atomic E-state index is 0.0778. The number of amides is 1. The maximum absolute atomic E-state index is 13.3. The minimum atomic E-state index is -4.98. The lowest BCUT2D eigenvalue weighted by Gasteiger charge is -2.17. The standard InChI is InChI=1S/C21H17F6N3O2S/c1-28-15-7-11(8-17-18(29-2)30-19(31)33-17)3-6-16(15)32-10-12-4-5-13(20(22,23)24)9-14(12)21(25,26)27/h3-9,28H,10H2,1-2H3,(H,29,30,31). The average molecular weight is 489 g/mol. The predicted octanol–water partition coefficient (Wildman–Crippen LogP) is 6.17. The maximum atomic E-state index is 13.3. The van der Waals surface area contributed by atoms with Gasteiger partial charge in [-0.1, -0.05) is 12.1 Å². The topological polar surface area (TPSA) is 62.7 Å². The second kappa shape index (κ2) is 9.38. The van der Waals surface area contributed by atoms with E-state index in [1.54, 1.807) is 25.3 Å². The Balaban J connectivity index is 1.86. The number of benzene rings is 2. The number of hydrogen-bond donors (Lipinski definition) is 2. The number of carbonyl (C=O) groups is 1. The van der Waals surface area contributed by atoms with Crippen LogP contribution in [0.3, 0.4) is 0 Å². The molecular formula is C21H17F6N3O2S. The maximum Gasteiger partial charge on any atom is 0.416 e. The van der Waals surface area contributed by atoms with Crippen molar-refractivity contribution >= 4 is 34.6 Å². The number of rotatable bonds is 5. The smallest absolute Gasteiger partial charge is 0.416 e. The number of carbonyl (C=O) groups excluding carboxylic acids is 1. The Kier molecular flexibility index (Phi) is 6.96. The van der Waals surface area contributed by atoms with Crippen molar-refractivity contribution in [2.45, 2.75) is 19.0 Å². The zero-order chi connectivity index (χ0) is 24.4. The third-order valence-corrected chi connectivity index (χ3v) is 5.40. The lowest BCUT2D eigenvalue weighted by molar-refractivity contribution is -0.143. The molecule has 0 aliphatic carbocycles. The zero-order valence-corrected chi connectivity index (χ0v) is 18.0. The first kappa shape index (κ1) is 24.5. The molecule has 1 fully saturated rings. The highest BCUT2D eigenvalue weighted by Crippen LogP contribution is 2.38. The average Bonchev–Trinajstić information content (AvgIpc) is 3.10. The number of aliphatic imine (C=N–C) groups is 1. The molecule has 1 aliphatic rings. The normalized spacial score (nSPS) is 16.9. The van der Waals surface area contributed by atoms with Crippen LogP contribution in [0.15, 0.2) is 46.3 Å². The predicted molar refractivity (Wildman–Crippen MR) is 114 cm³/mol. The molecule has 2 N–H and O–H groups in total. The van der Waals surface area contributed by atoms with E-state index in [0.717, 1.165) is 17.8 Å². The summed E-state index contributed by atoms with van der Waals surface area (Å²) in [5, 5.41) is 5.18. The summed E-state index contributed by atoms with van der Waals surface area (Å²) in [4.78, 5) is 16.1. The molecule has 1 heterocycles.